The van der Waals surface area contributed by atoms with Crippen molar-refractivity contribution >= 4 is 17.9 Å². The number of carboxylic acids is 3. The topological polar surface area (TPSA) is 112 Å². The van der Waals surface area contributed by atoms with Gasteiger partial charge in [0.05, 0.1) is 26.2 Å². The molecule has 7 nitrogen and oxygen atoms in total. The molecular formula is C26H48NO6+. The highest BCUT2D eigenvalue weighted by Gasteiger charge is 2.26. The average molecular weight is 471 g/mol. The SMILES string of the molecule is CCCCCC/C=C/CCC[N+](CCCCC(=O)O)(CCCCC(=O)O)CCCCC(=O)O. The second-order valence-corrected chi connectivity index (χ2v) is 9.25. The van der Waals surface area contributed by atoms with Crippen molar-refractivity contribution in [2.45, 2.75) is 110 Å². The summed E-state index contributed by atoms with van der Waals surface area (Å²) in [6, 6.07) is 0. The smallest absolute Gasteiger partial charge is 0.303 e. The summed E-state index contributed by atoms with van der Waals surface area (Å²) in [4.78, 5) is 32.7. The van der Waals surface area contributed by atoms with Crippen molar-refractivity contribution in [2.24, 2.45) is 0 Å². The number of rotatable bonds is 24. The number of aliphatic carboxylic acids is 3. The Kier molecular flexibility index (Phi) is 19.5. The molecular weight excluding hydrogens is 422 g/mol. The number of carbonyl (C=O) groups is 3. The summed E-state index contributed by atoms with van der Waals surface area (Å²) in [5, 5.41) is 26.9. The van der Waals surface area contributed by atoms with Gasteiger partial charge in [-0.15, -0.1) is 0 Å². The maximum atomic E-state index is 10.9. The molecule has 7 heteroatoms. The molecule has 0 aliphatic carbocycles. The van der Waals surface area contributed by atoms with Crippen molar-refractivity contribution in [1.29, 1.82) is 0 Å². The molecule has 192 valence electrons. The maximum Gasteiger partial charge on any atom is 0.303 e. The highest BCUT2D eigenvalue weighted by atomic mass is 16.4. The van der Waals surface area contributed by atoms with Crippen molar-refractivity contribution in [3.63, 3.8) is 0 Å². The molecule has 0 unspecified atom stereocenters. The van der Waals surface area contributed by atoms with Gasteiger partial charge < -0.3 is 19.8 Å². The number of hydrogen-bond donors (Lipinski definition) is 3. The van der Waals surface area contributed by atoms with E-state index in [4.69, 9.17) is 15.3 Å². The zero-order valence-electron chi connectivity index (χ0n) is 20.8. The van der Waals surface area contributed by atoms with Gasteiger partial charge in [0, 0.05) is 25.7 Å². The van der Waals surface area contributed by atoms with Gasteiger partial charge in [0.1, 0.15) is 0 Å². The van der Waals surface area contributed by atoms with Crippen LogP contribution in [0.1, 0.15) is 110 Å². The molecule has 0 fully saturated rings. The zero-order chi connectivity index (χ0) is 24.8. The minimum Gasteiger partial charge on any atom is -0.481 e. The molecule has 3 N–H and O–H groups in total. The van der Waals surface area contributed by atoms with Gasteiger partial charge in [0.25, 0.3) is 0 Å². The van der Waals surface area contributed by atoms with E-state index in [-0.39, 0.29) is 19.3 Å². The first-order valence-electron chi connectivity index (χ1n) is 13.0. The molecule has 0 aromatic carbocycles. The third kappa shape index (κ3) is 20.4. The van der Waals surface area contributed by atoms with Crippen LogP contribution in [0, 0.1) is 0 Å². The minimum absolute atomic E-state index is 0.165. The van der Waals surface area contributed by atoms with Crippen LogP contribution in [0.3, 0.4) is 0 Å². The van der Waals surface area contributed by atoms with Crippen LogP contribution in [0.4, 0.5) is 0 Å². The standard InChI is InChI=1S/C26H47NO6/c1-2-3-4-5-6-7-8-9-13-20-27(21-14-10-17-24(28)29,22-15-11-18-25(30)31)23-16-12-19-26(32)33/h7-8H,2-6,9-23H2,1H3,(H2-,28,29,30,31,32,33)/p+1/b8-7+. The van der Waals surface area contributed by atoms with Gasteiger partial charge in [-0.25, -0.2) is 0 Å². The second kappa shape index (κ2) is 20.7. The van der Waals surface area contributed by atoms with Crippen molar-refractivity contribution < 1.29 is 34.2 Å². The molecule has 0 bridgehead atoms. The molecule has 0 rings (SSSR count). The van der Waals surface area contributed by atoms with E-state index in [9.17, 15) is 14.4 Å². The van der Waals surface area contributed by atoms with Crippen LogP contribution in [0.5, 0.6) is 0 Å². The number of allylic oxidation sites excluding steroid dienone is 2. The molecule has 0 aromatic rings. The van der Waals surface area contributed by atoms with Crippen LogP contribution < -0.4 is 0 Å². The van der Waals surface area contributed by atoms with E-state index in [0.717, 1.165) is 69.2 Å². The van der Waals surface area contributed by atoms with Gasteiger partial charge in [-0.1, -0.05) is 38.3 Å². The summed E-state index contributed by atoms with van der Waals surface area (Å²) < 4.78 is 0.837. The van der Waals surface area contributed by atoms with Gasteiger partial charge in [0.2, 0.25) is 0 Å². The summed E-state index contributed by atoms with van der Waals surface area (Å²) in [7, 11) is 0. The summed E-state index contributed by atoms with van der Waals surface area (Å²) in [6.45, 7) is 5.79. The lowest BCUT2D eigenvalue weighted by Crippen LogP contribution is -2.50. The van der Waals surface area contributed by atoms with Gasteiger partial charge in [-0.2, -0.15) is 0 Å². The molecule has 0 amide bonds. The first kappa shape index (κ1) is 31.1. The summed E-state index contributed by atoms with van der Waals surface area (Å²) in [6.07, 6.45) is 17.6. The van der Waals surface area contributed by atoms with E-state index in [1.165, 1.54) is 25.7 Å². The molecule has 0 aliphatic heterocycles. The fourth-order valence-electron chi connectivity index (χ4n) is 4.31. The summed E-state index contributed by atoms with van der Waals surface area (Å²) in [5.41, 5.74) is 0. The Labute approximate surface area is 200 Å². The normalized spacial score (nSPS) is 11.8. The zero-order valence-corrected chi connectivity index (χ0v) is 20.8. The van der Waals surface area contributed by atoms with E-state index < -0.39 is 17.9 Å². The Morgan fingerprint density at radius 2 is 0.939 bits per heavy atom. The Morgan fingerprint density at radius 1 is 0.545 bits per heavy atom. The number of nitrogens with zero attached hydrogens (tertiary/aromatic N) is 1. The molecule has 0 radical (unpaired) electrons. The third-order valence-electron chi connectivity index (χ3n) is 6.21. The fraction of sp³-hybridized carbons (Fsp3) is 0.808. The first-order chi connectivity index (χ1) is 15.8. The predicted octanol–water partition coefficient (Wildman–Crippen LogP) is 5.87. The van der Waals surface area contributed by atoms with Gasteiger partial charge >= 0.3 is 17.9 Å². The monoisotopic (exact) mass is 470 g/mol. The molecule has 33 heavy (non-hydrogen) atoms. The van der Waals surface area contributed by atoms with Gasteiger partial charge in [-0.05, 0) is 57.8 Å². The molecule has 0 saturated heterocycles. The quantitative estimate of drug-likeness (QED) is 0.0923. The molecule has 0 saturated carbocycles. The Balaban J connectivity index is 4.88. The third-order valence-corrected chi connectivity index (χ3v) is 6.21. The van der Waals surface area contributed by atoms with Crippen molar-refractivity contribution in [3.05, 3.63) is 12.2 Å². The fourth-order valence-corrected chi connectivity index (χ4v) is 4.31. The van der Waals surface area contributed by atoms with Crippen molar-refractivity contribution in [1.82, 2.24) is 0 Å². The molecule has 0 atom stereocenters. The van der Waals surface area contributed by atoms with Crippen LogP contribution in [-0.2, 0) is 14.4 Å². The van der Waals surface area contributed by atoms with E-state index in [1.54, 1.807) is 0 Å². The van der Waals surface area contributed by atoms with Crippen LogP contribution in [0.15, 0.2) is 12.2 Å². The average Bonchev–Trinajstić information content (AvgIpc) is 2.75. The number of hydrogen-bond acceptors (Lipinski definition) is 3. The molecule has 0 aromatic heterocycles. The summed E-state index contributed by atoms with van der Waals surface area (Å²) in [5.74, 6) is -2.33. The summed E-state index contributed by atoms with van der Waals surface area (Å²) >= 11 is 0. The molecule has 0 heterocycles. The largest absolute Gasteiger partial charge is 0.481 e. The lowest BCUT2D eigenvalue weighted by Gasteiger charge is -2.39. The first-order valence-corrected chi connectivity index (χ1v) is 13.0. The van der Waals surface area contributed by atoms with Gasteiger partial charge in [0.15, 0.2) is 0 Å². The Morgan fingerprint density at radius 3 is 1.33 bits per heavy atom. The second-order valence-electron chi connectivity index (χ2n) is 9.25. The molecule has 0 spiro atoms. The minimum atomic E-state index is -0.778. The van der Waals surface area contributed by atoms with E-state index >= 15 is 0 Å². The lowest BCUT2D eigenvalue weighted by molar-refractivity contribution is -0.929. The van der Waals surface area contributed by atoms with Crippen molar-refractivity contribution in [2.75, 3.05) is 26.2 Å². The van der Waals surface area contributed by atoms with Crippen LogP contribution in [0.2, 0.25) is 0 Å². The lowest BCUT2D eigenvalue weighted by atomic mass is 10.1. The number of unbranched alkanes of at least 4 members (excludes halogenated alkanes) is 8. The maximum absolute atomic E-state index is 10.9. The van der Waals surface area contributed by atoms with Gasteiger partial charge in [-0.3, -0.25) is 14.4 Å². The van der Waals surface area contributed by atoms with E-state index in [0.29, 0.717) is 19.3 Å². The van der Waals surface area contributed by atoms with Crippen LogP contribution in [-0.4, -0.2) is 63.9 Å². The van der Waals surface area contributed by atoms with E-state index in [1.807, 2.05) is 0 Å². The number of carboxylic acid groups (broad SMARTS) is 3. The Hall–Kier alpha value is -1.89. The highest BCUT2D eigenvalue weighted by Crippen LogP contribution is 2.18. The van der Waals surface area contributed by atoms with Crippen LogP contribution >= 0.6 is 0 Å². The number of quaternary nitrogens is 1. The van der Waals surface area contributed by atoms with Crippen molar-refractivity contribution in [3.8, 4) is 0 Å². The Bertz CT molecular complexity index is 506. The van der Waals surface area contributed by atoms with E-state index in [2.05, 4.69) is 19.1 Å². The van der Waals surface area contributed by atoms with Crippen LogP contribution in [0.25, 0.3) is 0 Å². The predicted molar refractivity (Wildman–Crippen MR) is 131 cm³/mol. The highest BCUT2D eigenvalue weighted by molar-refractivity contribution is 5.67. The molecule has 0 aliphatic rings.